The highest BCUT2D eigenvalue weighted by molar-refractivity contribution is 7.89. The van der Waals surface area contributed by atoms with E-state index in [1.165, 1.54) is 26.5 Å². The highest BCUT2D eigenvalue weighted by Gasteiger charge is 2.27. The van der Waals surface area contributed by atoms with Gasteiger partial charge in [-0.15, -0.1) is 11.3 Å². The highest BCUT2D eigenvalue weighted by Crippen LogP contribution is 2.25. The van der Waals surface area contributed by atoms with Gasteiger partial charge < -0.3 is 4.90 Å². The van der Waals surface area contributed by atoms with Crippen molar-refractivity contribution in [2.24, 2.45) is 0 Å². The molecular formula is C17H24N4O4S2. The predicted octanol–water partition coefficient (Wildman–Crippen LogP) is 0.959. The molecule has 10 heteroatoms. The highest BCUT2D eigenvalue weighted by atomic mass is 32.2. The quantitative estimate of drug-likeness (QED) is 0.729. The summed E-state index contributed by atoms with van der Waals surface area (Å²) in [5.41, 5.74) is 0.829. The van der Waals surface area contributed by atoms with Gasteiger partial charge in [0, 0.05) is 44.0 Å². The number of carbonyl (C=O) groups is 1. The van der Waals surface area contributed by atoms with Crippen molar-refractivity contribution in [2.75, 3.05) is 31.9 Å². The van der Waals surface area contributed by atoms with E-state index in [1.54, 1.807) is 11.8 Å². The van der Waals surface area contributed by atoms with Crippen LogP contribution in [0.5, 0.6) is 0 Å². The molecule has 2 aromatic heterocycles. The SMILES string of the molecule is CCS(=O)(=O)N1CCN(C(=O)CCn2cnc3sc(C)c(C)c3c2=O)CC1. The largest absolute Gasteiger partial charge is 0.340 e. The summed E-state index contributed by atoms with van der Waals surface area (Å²) in [6.07, 6.45) is 1.69. The molecule has 0 N–H and O–H groups in total. The van der Waals surface area contributed by atoms with E-state index in [0.29, 0.717) is 31.6 Å². The predicted molar refractivity (Wildman–Crippen MR) is 106 cm³/mol. The Labute approximate surface area is 162 Å². The van der Waals surface area contributed by atoms with Crippen molar-refractivity contribution in [2.45, 2.75) is 33.7 Å². The zero-order valence-corrected chi connectivity index (χ0v) is 17.4. The molecule has 0 bridgehead atoms. The first-order valence-corrected chi connectivity index (χ1v) is 11.4. The van der Waals surface area contributed by atoms with Crippen molar-refractivity contribution in [3.63, 3.8) is 0 Å². The van der Waals surface area contributed by atoms with E-state index in [0.717, 1.165) is 15.3 Å². The van der Waals surface area contributed by atoms with Crippen LogP contribution in [-0.4, -0.2) is 65.0 Å². The molecule has 27 heavy (non-hydrogen) atoms. The van der Waals surface area contributed by atoms with Gasteiger partial charge in [-0.05, 0) is 26.3 Å². The van der Waals surface area contributed by atoms with Gasteiger partial charge in [0.15, 0.2) is 0 Å². The maximum atomic E-state index is 12.7. The Morgan fingerprint density at radius 1 is 1.22 bits per heavy atom. The summed E-state index contributed by atoms with van der Waals surface area (Å²) in [4.78, 5) is 32.9. The Hall–Kier alpha value is -1.78. The van der Waals surface area contributed by atoms with Crippen molar-refractivity contribution >= 4 is 37.5 Å². The minimum absolute atomic E-state index is 0.0703. The Balaban J connectivity index is 1.64. The van der Waals surface area contributed by atoms with Crippen molar-refractivity contribution in [1.82, 2.24) is 18.8 Å². The van der Waals surface area contributed by atoms with Crippen molar-refractivity contribution < 1.29 is 13.2 Å². The average Bonchev–Trinajstić information content (AvgIpc) is 2.95. The maximum Gasteiger partial charge on any atom is 0.262 e. The number of hydrogen-bond acceptors (Lipinski definition) is 6. The number of piperazine rings is 1. The summed E-state index contributed by atoms with van der Waals surface area (Å²) in [6, 6.07) is 0. The standard InChI is InChI=1S/C17H24N4O4S2/c1-4-27(24,25)21-9-7-19(8-10-21)14(22)5-6-20-11-18-16-15(17(20)23)12(2)13(3)26-16/h11H,4-10H2,1-3H3. The third-order valence-corrected chi connectivity index (χ3v) is 8.07. The summed E-state index contributed by atoms with van der Waals surface area (Å²) >= 11 is 1.50. The number of thiophene rings is 1. The van der Waals surface area contributed by atoms with Gasteiger partial charge in [-0.3, -0.25) is 14.2 Å². The number of nitrogens with zero attached hydrogens (tertiary/aromatic N) is 4. The fourth-order valence-corrected chi connectivity index (χ4v) is 5.27. The zero-order valence-electron chi connectivity index (χ0n) is 15.8. The van der Waals surface area contributed by atoms with Crippen LogP contribution in [0.25, 0.3) is 10.2 Å². The molecule has 3 rings (SSSR count). The van der Waals surface area contributed by atoms with Crippen LogP contribution < -0.4 is 5.56 Å². The number of fused-ring (bicyclic) bond motifs is 1. The molecule has 0 saturated carbocycles. The first kappa shape index (κ1) is 20.0. The lowest BCUT2D eigenvalue weighted by Gasteiger charge is -2.33. The molecule has 8 nitrogen and oxygen atoms in total. The van der Waals surface area contributed by atoms with Gasteiger partial charge in [0.25, 0.3) is 5.56 Å². The topological polar surface area (TPSA) is 92.6 Å². The zero-order chi connectivity index (χ0) is 19.8. The number of aromatic nitrogens is 2. The van der Waals surface area contributed by atoms with Gasteiger partial charge in [0.05, 0.1) is 17.5 Å². The molecule has 1 amide bonds. The number of amides is 1. The third kappa shape index (κ3) is 3.92. The second kappa shape index (κ2) is 7.69. The van der Waals surface area contributed by atoms with Gasteiger partial charge >= 0.3 is 0 Å². The monoisotopic (exact) mass is 412 g/mol. The summed E-state index contributed by atoms with van der Waals surface area (Å²) in [5, 5.41) is 0.630. The van der Waals surface area contributed by atoms with Gasteiger partial charge in [0.2, 0.25) is 15.9 Å². The van der Waals surface area contributed by atoms with Crippen molar-refractivity contribution in [3.8, 4) is 0 Å². The van der Waals surface area contributed by atoms with E-state index in [-0.39, 0.29) is 30.2 Å². The normalized spacial score (nSPS) is 16.2. The molecule has 2 aromatic rings. The summed E-state index contributed by atoms with van der Waals surface area (Å²) in [5.74, 6) is -0.00497. The Kier molecular flexibility index (Phi) is 5.68. The smallest absolute Gasteiger partial charge is 0.262 e. The van der Waals surface area contributed by atoms with Crippen molar-refractivity contribution in [3.05, 3.63) is 27.1 Å². The lowest BCUT2D eigenvalue weighted by molar-refractivity contribution is -0.132. The minimum Gasteiger partial charge on any atom is -0.340 e. The van der Waals surface area contributed by atoms with Gasteiger partial charge in [-0.1, -0.05) is 0 Å². The lowest BCUT2D eigenvalue weighted by atomic mass is 10.2. The van der Waals surface area contributed by atoms with Crippen LogP contribution in [0, 0.1) is 13.8 Å². The van der Waals surface area contributed by atoms with Gasteiger partial charge in [-0.25, -0.2) is 13.4 Å². The Morgan fingerprint density at radius 3 is 2.52 bits per heavy atom. The number of sulfonamides is 1. The average molecular weight is 413 g/mol. The van der Waals surface area contributed by atoms with E-state index >= 15 is 0 Å². The van der Waals surface area contributed by atoms with E-state index in [2.05, 4.69) is 4.98 Å². The molecule has 0 unspecified atom stereocenters. The lowest BCUT2D eigenvalue weighted by Crippen LogP contribution is -2.51. The van der Waals surface area contributed by atoms with E-state index in [4.69, 9.17) is 0 Å². The van der Waals surface area contributed by atoms with Crippen LogP contribution in [-0.2, 0) is 21.4 Å². The van der Waals surface area contributed by atoms with Gasteiger partial charge in [-0.2, -0.15) is 4.31 Å². The third-order valence-electron chi connectivity index (χ3n) is 5.07. The van der Waals surface area contributed by atoms with Crippen LogP contribution in [0.1, 0.15) is 23.8 Å². The first-order chi connectivity index (χ1) is 12.7. The fourth-order valence-electron chi connectivity index (χ4n) is 3.20. The van der Waals surface area contributed by atoms with E-state index in [1.807, 2.05) is 13.8 Å². The number of hydrogen-bond donors (Lipinski definition) is 0. The molecule has 1 fully saturated rings. The molecule has 0 spiro atoms. The van der Waals surface area contributed by atoms with E-state index < -0.39 is 10.0 Å². The maximum absolute atomic E-state index is 12.7. The summed E-state index contributed by atoms with van der Waals surface area (Å²) in [7, 11) is -3.21. The first-order valence-electron chi connectivity index (χ1n) is 8.95. The number of rotatable bonds is 5. The van der Waals surface area contributed by atoms with Crippen LogP contribution in [0.3, 0.4) is 0 Å². The molecule has 0 aliphatic carbocycles. The summed E-state index contributed by atoms with van der Waals surface area (Å²) in [6.45, 7) is 7.17. The molecule has 0 aromatic carbocycles. The molecule has 1 aliphatic rings. The van der Waals surface area contributed by atoms with Crippen molar-refractivity contribution in [1.29, 1.82) is 0 Å². The van der Waals surface area contributed by atoms with Crippen LogP contribution in [0.4, 0.5) is 0 Å². The Bertz CT molecular complexity index is 1020. The second-order valence-electron chi connectivity index (χ2n) is 6.64. The number of aryl methyl sites for hydroxylation is 3. The molecule has 1 saturated heterocycles. The Morgan fingerprint density at radius 2 is 1.89 bits per heavy atom. The van der Waals surface area contributed by atoms with Crippen LogP contribution in [0.2, 0.25) is 0 Å². The molecular weight excluding hydrogens is 388 g/mol. The fraction of sp³-hybridized carbons (Fsp3) is 0.588. The second-order valence-corrected chi connectivity index (χ2v) is 10.1. The molecule has 0 atom stereocenters. The van der Waals surface area contributed by atoms with Gasteiger partial charge in [0.1, 0.15) is 4.83 Å². The van der Waals surface area contributed by atoms with Crippen LogP contribution >= 0.6 is 11.3 Å². The molecule has 1 aliphatic heterocycles. The summed E-state index contributed by atoms with van der Waals surface area (Å²) < 4.78 is 26.7. The molecule has 3 heterocycles. The van der Waals surface area contributed by atoms with Crippen LogP contribution in [0.15, 0.2) is 11.1 Å². The minimum atomic E-state index is -3.21. The number of carbonyl (C=O) groups excluding carboxylic acids is 1. The molecule has 148 valence electrons. The molecule has 0 radical (unpaired) electrons. The van der Waals surface area contributed by atoms with E-state index in [9.17, 15) is 18.0 Å².